The van der Waals surface area contributed by atoms with E-state index in [2.05, 4.69) is 30.5 Å². The van der Waals surface area contributed by atoms with Gasteiger partial charge in [-0.1, -0.05) is 18.2 Å². The summed E-state index contributed by atoms with van der Waals surface area (Å²) in [7, 11) is 1.56. The molecule has 0 radical (unpaired) electrons. The van der Waals surface area contributed by atoms with E-state index in [0.717, 1.165) is 27.6 Å². The number of benzene rings is 2. The summed E-state index contributed by atoms with van der Waals surface area (Å²) in [6.07, 6.45) is 1.54. The normalized spacial score (nSPS) is 11.1. The minimum absolute atomic E-state index is 0.268. The molecule has 0 aliphatic heterocycles. The van der Waals surface area contributed by atoms with Crippen LogP contribution >= 0.6 is 0 Å². The summed E-state index contributed by atoms with van der Waals surface area (Å²) >= 11 is 0. The molecule has 29 heavy (non-hydrogen) atoms. The molecule has 8 heteroatoms. The van der Waals surface area contributed by atoms with E-state index in [0.29, 0.717) is 23.0 Å². The molecule has 0 aliphatic rings. The molecule has 0 saturated heterocycles. The molecular weight excluding hydrogens is 368 g/mol. The van der Waals surface area contributed by atoms with E-state index in [4.69, 9.17) is 4.74 Å². The molecule has 0 fully saturated rings. The first-order valence-corrected chi connectivity index (χ1v) is 9.00. The van der Waals surface area contributed by atoms with Crippen LogP contribution < -0.4 is 10.1 Å². The molecule has 5 rings (SSSR count). The highest BCUT2D eigenvalue weighted by Crippen LogP contribution is 2.29. The van der Waals surface area contributed by atoms with Crippen molar-refractivity contribution in [1.29, 1.82) is 0 Å². The van der Waals surface area contributed by atoms with Crippen molar-refractivity contribution in [2.75, 3.05) is 7.05 Å². The number of H-pyrrole nitrogens is 2. The highest BCUT2D eigenvalue weighted by molar-refractivity contribution is 5.93. The van der Waals surface area contributed by atoms with Crippen molar-refractivity contribution in [2.24, 2.45) is 0 Å². The van der Waals surface area contributed by atoms with E-state index < -0.39 is 0 Å². The first-order chi connectivity index (χ1) is 14.2. The molecule has 2 aromatic carbocycles. The van der Waals surface area contributed by atoms with Gasteiger partial charge in [0.05, 0.1) is 16.6 Å². The Morgan fingerprint density at radius 1 is 1.03 bits per heavy atom. The van der Waals surface area contributed by atoms with Gasteiger partial charge >= 0.3 is 0 Å². The SMILES string of the molecule is CNC(=O)c1cc(Oc2ccc3nc(-c4n[nH]c5ccccc45)[nH]c3c2)ccn1. The second-order valence-electron chi connectivity index (χ2n) is 6.44. The minimum Gasteiger partial charge on any atom is -0.457 e. The Balaban J connectivity index is 1.48. The van der Waals surface area contributed by atoms with Gasteiger partial charge in [0.15, 0.2) is 5.82 Å². The maximum Gasteiger partial charge on any atom is 0.269 e. The number of nitrogens with one attached hydrogen (secondary N) is 3. The molecule has 3 aromatic heterocycles. The smallest absolute Gasteiger partial charge is 0.269 e. The van der Waals surface area contributed by atoms with Crippen LogP contribution in [0.5, 0.6) is 11.5 Å². The number of pyridine rings is 1. The van der Waals surface area contributed by atoms with E-state index in [1.165, 1.54) is 6.20 Å². The van der Waals surface area contributed by atoms with E-state index in [-0.39, 0.29) is 5.91 Å². The van der Waals surface area contributed by atoms with Gasteiger partial charge in [-0.25, -0.2) is 4.98 Å². The largest absolute Gasteiger partial charge is 0.457 e. The summed E-state index contributed by atoms with van der Waals surface area (Å²) in [6, 6.07) is 16.8. The predicted octanol–water partition coefficient (Wildman–Crippen LogP) is 3.65. The molecule has 0 unspecified atom stereocenters. The van der Waals surface area contributed by atoms with Crippen molar-refractivity contribution >= 4 is 27.8 Å². The number of fused-ring (bicyclic) bond motifs is 2. The van der Waals surface area contributed by atoms with Crippen LogP contribution in [0.2, 0.25) is 0 Å². The number of aromatic amines is 2. The monoisotopic (exact) mass is 384 g/mol. The van der Waals surface area contributed by atoms with Crippen molar-refractivity contribution in [2.45, 2.75) is 0 Å². The average molecular weight is 384 g/mol. The number of rotatable bonds is 4. The number of ether oxygens (including phenoxy) is 1. The fourth-order valence-corrected chi connectivity index (χ4v) is 3.17. The summed E-state index contributed by atoms with van der Waals surface area (Å²) in [6.45, 7) is 0. The van der Waals surface area contributed by atoms with Gasteiger partial charge in [0.2, 0.25) is 0 Å². The topological polar surface area (TPSA) is 109 Å². The zero-order valence-electron chi connectivity index (χ0n) is 15.4. The predicted molar refractivity (Wildman–Crippen MR) is 109 cm³/mol. The maximum atomic E-state index is 11.8. The van der Waals surface area contributed by atoms with Crippen molar-refractivity contribution < 1.29 is 9.53 Å². The Morgan fingerprint density at radius 2 is 1.90 bits per heavy atom. The molecule has 0 bridgehead atoms. The Morgan fingerprint density at radius 3 is 2.79 bits per heavy atom. The van der Waals surface area contributed by atoms with Gasteiger partial charge in [-0.3, -0.25) is 14.9 Å². The summed E-state index contributed by atoms with van der Waals surface area (Å²) in [5.74, 6) is 1.56. The number of amides is 1. The zero-order valence-corrected chi connectivity index (χ0v) is 15.4. The molecule has 0 saturated carbocycles. The maximum absolute atomic E-state index is 11.8. The Bertz CT molecular complexity index is 1350. The van der Waals surface area contributed by atoms with Crippen molar-refractivity contribution in [3.05, 3.63) is 66.5 Å². The molecule has 5 aromatic rings. The lowest BCUT2D eigenvalue weighted by atomic mass is 10.2. The number of hydrogen-bond donors (Lipinski definition) is 3. The molecule has 0 aliphatic carbocycles. The molecule has 0 spiro atoms. The quantitative estimate of drug-likeness (QED) is 0.438. The second kappa shape index (κ2) is 6.75. The Hall–Kier alpha value is -4.20. The van der Waals surface area contributed by atoms with Crippen molar-refractivity contribution in [3.8, 4) is 23.0 Å². The molecule has 142 valence electrons. The van der Waals surface area contributed by atoms with E-state index in [1.54, 1.807) is 19.2 Å². The van der Waals surface area contributed by atoms with E-state index in [1.807, 2.05) is 42.5 Å². The lowest BCUT2D eigenvalue weighted by Crippen LogP contribution is -2.18. The van der Waals surface area contributed by atoms with Gasteiger partial charge < -0.3 is 15.0 Å². The fourth-order valence-electron chi connectivity index (χ4n) is 3.17. The van der Waals surface area contributed by atoms with Crippen molar-refractivity contribution in [1.82, 2.24) is 30.5 Å². The van der Waals surface area contributed by atoms with Crippen LogP contribution in [0.4, 0.5) is 0 Å². The van der Waals surface area contributed by atoms with Crippen LogP contribution in [0.1, 0.15) is 10.5 Å². The molecule has 0 atom stereocenters. The van der Waals surface area contributed by atoms with Gasteiger partial charge in [-0.05, 0) is 24.3 Å². The van der Waals surface area contributed by atoms with Crippen LogP contribution in [-0.2, 0) is 0 Å². The van der Waals surface area contributed by atoms with Gasteiger partial charge in [-0.15, -0.1) is 0 Å². The highest BCUT2D eigenvalue weighted by atomic mass is 16.5. The van der Waals surface area contributed by atoms with Gasteiger partial charge in [0.25, 0.3) is 5.91 Å². The van der Waals surface area contributed by atoms with Gasteiger partial charge in [0.1, 0.15) is 22.9 Å². The third-order valence-electron chi connectivity index (χ3n) is 4.57. The van der Waals surface area contributed by atoms with Crippen LogP contribution in [0.3, 0.4) is 0 Å². The lowest BCUT2D eigenvalue weighted by Gasteiger charge is -2.06. The fraction of sp³-hybridized carbons (Fsp3) is 0.0476. The van der Waals surface area contributed by atoms with Crippen LogP contribution in [0.25, 0.3) is 33.5 Å². The summed E-state index contributed by atoms with van der Waals surface area (Å²) in [4.78, 5) is 23.7. The first-order valence-electron chi connectivity index (χ1n) is 9.00. The lowest BCUT2D eigenvalue weighted by molar-refractivity contribution is 0.0958. The molecule has 1 amide bonds. The number of hydrogen-bond acceptors (Lipinski definition) is 5. The number of aromatic nitrogens is 5. The molecule has 3 heterocycles. The third kappa shape index (κ3) is 3.06. The minimum atomic E-state index is -0.268. The van der Waals surface area contributed by atoms with Gasteiger partial charge in [-0.2, -0.15) is 5.10 Å². The number of imidazole rings is 1. The summed E-state index contributed by atoms with van der Waals surface area (Å²) < 4.78 is 5.90. The average Bonchev–Trinajstić information content (AvgIpc) is 3.36. The number of nitrogens with zero attached hydrogens (tertiary/aromatic N) is 3. The second-order valence-corrected chi connectivity index (χ2v) is 6.44. The number of para-hydroxylation sites is 1. The molecule has 3 N–H and O–H groups in total. The molecule has 8 nitrogen and oxygen atoms in total. The third-order valence-corrected chi connectivity index (χ3v) is 4.57. The van der Waals surface area contributed by atoms with E-state index >= 15 is 0 Å². The summed E-state index contributed by atoms with van der Waals surface area (Å²) in [5.41, 5.74) is 3.64. The Labute approximate surface area is 165 Å². The van der Waals surface area contributed by atoms with Crippen LogP contribution in [0.15, 0.2) is 60.8 Å². The zero-order chi connectivity index (χ0) is 19.8. The first kappa shape index (κ1) is 16.9. The number of carbonyl (C=O) groups is 1. The Kier molecular flexibility index (Phi) is 3.94. The highest BCUT2D eigenvalue weighted by Gasteiger charge is 2.13. The van der Waals surface area contributed by atoms with Crippen LogP contribution in [-0.4, -0.2) is 38.1 Å². The van der Waals surface area contributed by atoms with Crippen LogP contribution in [0, 0.1) is 0 Å². The molecular formula is C21H16N6O2. The van der Waals surface area contributed by atoms with Gasteiger partial charge in [0, 0.05) is 30.8 Å². The standard InChI is InChI=1S/C21H16N6O2/c1-22-21(28)18-11-13(8-9-23-18)29-12-6-7-16-17(10-12)25-20(24-16)19-14-4-2-3-5-15(14)26-27-19/h2-11H,1H3,(H,22,28)(H,24,25)(H,26,27). The van der Waals surface area contributed by atoms with Crippen molar-refractivity contribution in [3.63, 3.8) is 0 Å². The summed E-state index contributed by atoms with van der Waals surface area (Å²) in [5, 5.41) is 11.0. The number of carbonyl (C=O) groups excluding carboxylic acids is 1. The van der Waals surface area contributed by atoms with E-state index in [9.17, 15) is 4.79 Å².